The summed E-state index contributed by atoms with van der Waals surface area (Å²) < 4.78 is 5.60. The zero-order valence-corrected chi connectivity index (χ0v) is 13.9. The fourth-order valence-electron chi connectivity index (χ4n) is 0.838. The summed E-state index contributed by atoms with van der Waals surface area (Å²) in [6.07, 6.45) is -0.0527. The van der Waals surface area contributed by atoms with Crippen molar-refractivity contribution in [3.8, 4) is 0 Å². The third-order valence-corrected chi connectivity index (χ3v) is 7.44. The molecule has 0 rings (SSSR count). The molecule has 0 saturated carbocycles. The molecule has 0 N–H and O–H groups in total. The highest BCUT2D eigenvalue weighted by molar-refractivity contribution is 6.73. The van der Waals surface area contributed by atoms with E-state index in [1.807, 2.05) is 6.92 Å². The van der Waals surface area contributed by atoms with Crippen LogP contribution in [0, 0.1) is 0 Å². The van der Waals surface area contributed by atoms with Crippen molar-refractivity contribution in [1.82, 2.24) is 5.06 Å². The van der Waals surface area contributed by atoms with E-state index >= 15 is 0 Å². The molecule has 5 nitrogen and oxygen atoms in total. The number of carbonyl (C=O) groups excluding carboxylic acids is 1. The van der Waals surface area contributed by atoms with E-state index in [4.69, 9.17) is 14.3 Å². The first-order valence-corrected chi connectivity index (χ1v) is 9.07. The minimum atomic E-state index is -1.93. The Morgan fingerprint density at radius 2 is 1.83 bits per heavy atom. The summed E-state index contributed by atoms with van der Waals surface area (Å²) in [7, 11) is 1.09. The molecule has 0 spiro atoms. The Bertz CT molecular complexity index is 276. The smallest absolute Gasteiger partial charge is 0.248 e. The molecule has 0 radical (unpaired) electrons. The highest BCUT2D eigenvalue weighted by atomic mass is 28.4. The van der Waals surface area contributed by atoms with Crippen molar-refractivity contribution in [2.45, 2.75) is 58.4 Å². The Labute approximate surface area is 111 Å². The van der Waals surface area contributed by atoms with Gasteiger partial charge in [-0.1, -0.05) is 20.8 Å². The number of carbonyl (C=O) groups is 1. The summed E-state index contributed by atoms with van der Waals surface area (Å²) in [5.41, 5.74) is 0. The fourth-order valence-corrected chi connectivity index (χ4v) is 1.49. The van der Waals surface area contributed by atoms with Gasteiger partial charge in [-0.05, 0) is 25.1 Å². The lowest BCUT2D eigenvalue weighted by Crippen LogP contribution is -2.42. The SMILES string of the molecule is CON(C)C(=O)C[C@@H](C)OO[Si](C)(C)C(C)(C)C. The van der Waals surface area contributed by atoms with E-state index in [9.17, 15) is 4.79 Å². The lowest BCUT2D eigenvalue weighted by atomic mass is 10.2. The van der Waals surface area contributed by atoms with Gasteiger partial charge < -0.3 is 0 Å². The molecule has 0 heterocycles. The molecule has 0 saturated heterocycles. The largest absolute Gasteiger partial charge is 0.286 e. The Hall–Kier alpha value is -0.433. The van der Waals surface area contributed by atoms with Gasteiger partial charge in [-0.2, -0.15) is 0 Å². The molecule has 0 aliphatic heterocycles. The zero-order chi connectivity index (χ0) is 14.6. The molecule has 0 bridgehead atoms. The Balaban J connectivity index is 4.20. The second kappa shape index (κ2) is 6.65. The van der Waals surface area contributed by atoms with Crippen LogP contribution in [0.3, 0.4) is 0 Å². The standard InChI is InChI=1S/C12H27NO4Si/c1-10(9-11(14)13(5)15-6)16-17-18(7,8)12(2,3)4/h10H,9H2,1-8H3/t10-/m1/s1. The second-order valence-corrected chi connectivity index (χ2v) is 10.7. The van der Waals surface area contributed by atoms with E-state index in [0.29, 0.717) is 0 Å². The first-order chi connectivity index (χ1) is 8.01. The summed E-state index contributed by atoms with van der Waals surface area (Å²) in [6, 6.07) is 0. The Morgan fingerprint density at radius 1 is 1.33 bits per heavy atom. The maximum atomic E-state index is 11.6. The van der Waals surface area contributed by atoms with Gasteiger partial charge in [-0.15, -0.1) is 0 Å². The molecular weight excluding hydrogens is 250 g/mol. The predicted octanol–water partition coefficient (Wildman–Crippen LogP) is 2.74. The van der Waals surface area contributed by atoms with Crippen LogP contribution in [0.1, 0.15) is 34.1 Å². The van der Waals surface area contributed by atoms with Crippen LogP contribution in [-0.2, 0) is 19.1 Å². The van der Waals surface area contributed by atoms with Crippen molar-refractivity contribution >= 4 is 14.2 Å². The van der Waals surface area contributed by atoms with E-state index < -0.39 is 8.32 Å². The van der Waals surface area contributed by atoms with Gasteiger partial charge in [0.05, 0.1) is 19.6 Å². The molecule has 1 atom stereocenters. The number of hydrogen-bond donors (Lipinski definition) is 0. The summed E-state index contributed by atoms with van der Waals surface area (Å²) in [5.74, 6) is -0.135. The number of hydrogen-bond acceptors (Lipinski definition) is 4. The first kappa shape index (κ1) is 17.6. The van der Waals surface area contributed by atoms with Crippen molar-refractivity contribution in [3.05, 3.63) is 0 Å². The van der Waals surface area contributed by atoms with Gasteiger partial charge in [0.25, 0.3) is 0 Å². The first-order valence-electron chi connectivity index (χ1n) is 6.16. The number of rotatable bonds is 6. The van der Waals surface area contributed by atoms with Gasteiger partial charge in [0.1, 0.15) is 0 Å². The van der Waals surface area contributed by atoms with Crippen molar-refractivity contribution in [2.75, 3.05) is 14.2 Å². The predicted molar refractivity (Wildman–Crippen MR) is 73.2 cm³/mol. The van der Waals surface area contributed by atoms with Crippen LogP contribution in [0.2, 0.25) is 18.1 Å². The molecular formula is C12H27NO4Si. The van der Waals surface area contributed by atoms with Crippen LogP contribution in [-0.4, -0.2) is 39.5 Å². The minimum absolute atomic E-state index is 0.0834. The van der Waals surface area contributed by atoms with Gasteiger partial charge >= 0.3 is 0 Å². The van der Waals surface area contributed by atoms with E-state index in [2.05, 4.69) is 33.9 Å². The average molecular weight is 277 g/mol. The van der Waals surface area contributed by atoms with Gasteiger partial charge in [0.15, 0.2) is 0 Å². The lowest BCUT2D eigenvalue weighted by molar-refractivity contribution is -0.255. The number of hydroxylamine groups is 2. The van der Waals surface area contributed by atoms with Gasteiger partial charge in [-0.25, -0.2) is 9.95 Å². The van der Waals surface area contributed by atoms with Crippen LogP contribution in [0.25, 0.3) is 0 Å². The lowest BCUT2D eigenvalue weighted by Gasteiger charge is -2.35. The quantitative estimate of drug-likeness (QED) is 0.425. The number of amides is 1. The maximum Gasteiger partial charge on any atom is 0.248 e. The van der Waals surface area contributed by atoms with Crippen LogP contribution >= 0.6 is 0 Å². The van der Waals surface area contributed by atoms with Crippen molar-refractivity contribution in [1.29, 1.82) is 0 Å². The Morgan fingerprint density at radius 3 is 2.22 bits per heavy atom. The van der Waals surface area contributed by atoms with Gasteiger partial charge in [0.2, 0.25) is 14.2 Å². The van der Waals surface area contributed by atoms with Crippen molar-refractivity contribution in [2.24, 2.45) is 0 Å². The topological polar surface area (TPSA) is 48.0 Å². The monoisotopic (exact) mass is 277 g/mol. The summed E-state index contributed by atoms with van der Waals surface area (Å²) in [5, 5.41) is 1.27. The molecule has 0 aromatic heterocycles. The van der Waals surface area contributed by atoms with Crippen molar-refractivity contribution < 1.29 is 19.1 Å². The van der Waals surface area contributed by atoms with E-state index in [1.165, 1.54) is 12.2 Å². The molecule has 1 amide bonds. The van der Waals surface area contributed by atoms with Crippen LogP contribution in [0.4, 0.5) is 0 Å². The summed E-state index contributed by atoms with van der Waals surface area (Å²) in [6.45, 7) is 12.4. The fraction of sp³-hybridized carbons (Fsp3) is 0.917. The molecule has 0 fully saturated rings. The third kappa shape index (κ3) is 5.47. The van der Waals surface area contributed by atoms with E-state index in [0.717, 1.165) is 0 Å². The van der Waals surface area contributed by atoms with Gasteiger partial charge in [0, 0.05) is 7.05 Å². The Kier molecular flexibility index (Phi) is 6.49. The third-order valence-electron chi connectivity index (χ3n) is 3.31. The molecule has 0 aliphatic carbocycles. The zero-order valence-electron chi connectivity index (χ0n) is 12.9. The molecule has 0 aromatic carbocycles. The molecule has 6 heteroatoms. The average Bonchev–Trinajstić information content (AvgIpc) is 2.23. The highest BCUT2D eigenvalue weighted by Crippen LogP contribution is 2.36. The minimum Gasteiger partial charge on any atom is -0.286 e. The summed E-state index contributed by atoms with van der Waals surface area (Å²) >= 11 is 0. The second-order valence-electron chi connectivity index (χ2n) is 6.03. The van der Waals surface area contributed by atoms with Crippen LogP contribution in [0.5, 0.6) is 0 Å². The van der Waals surface area contributed by atoms with Gasteiger partial charge in [-0.3, -0.25) is 14.2 Å². The summed E-state index contributed by atoms with van der Waals surface area (Å²) in [4.78, 5) is 21.7. The highest BCUT2D eigenvalue weighted by Gasteiger charge is 2.39. The van der Waals surface area contributed by atoms with E-state index in [-0.39, 0.29) is 23.5 Å². The molecule has 18 heavy (non-hydrogen) atoms. The van der Waals surface area contributed by atoms with Crippen molar-refractivity contribution in [3.63, 3.8) is 0 Å². The number of nitrogens with zero attached hydrogens (tertiary/aromatic N) is 1. The van der Waals surface area contributed by atoms with Crippen LogP contribution < -0.4 is 0 Å². The van der Waals surface area contributed by atoms with E-state index in [1.54, 1.807) is 7.05 Å². The molecule has 0 unspecified atom stereocenters. The van der Waals surface area contributed by atoms with Crippen LogP contribution in [0.15, 0.2) is 0 Å². The normalized spacial score (nSPS) is 14.4. The maximum absolute atomic E-state index is 11.6. The molecule has 108 valence electrons. The molecule has 0 aromatic rings. The molecule has 0 aliphatic rings.